The van der Waals surface area contributed by atoms with Gasteiger partial charge in [-0.05, 0) is 37.3 Å². The summed E-state index contributed by atoms with van der Waals surface area (Å²) in [5.74, 6) is 0. The van der Waals surface area contributed by atoms with Crippen LogP contribution in [0.15, 0.2) is 72.9 Å². The Hall–Kier alpha value is -2.56. The third kappa shape index (κ3) is 3.13. The molecular formula is C24H27N3O. The van der Waals surface area contributed by atoms with Crippen LogP contribution in [0.3, 0.4) is 0 Å². The van der Waals surface area contributed by atoms with Gasteiger partial charge in [0.2, 0.25) is 0 Å². The monoisotopic (exact) mass is 373 g/mol. The minimum Gasteiger partial charge on any atom is -0.369 e. The molecule has 3 aromatic rings. The van der Waals surface area contributed by atoms with Gasteiger partial charge in [-0.2, -0.15) is 0 Å². The van der Waals surface area contributed by atoms with Gasteiger partial charge in [0.15, 0.2) is 0 Å². The van der Waals surface area contributed by atoms with Crippen molar-refractivity contribution >= 4 is 5.69 Å². The molecule has 0 amide bonds. The Balaban J connectivity index is 1.34. The number of para-hydroxylation sites is 2. The topological polar surface area (TPSA) is 20.6 Å². The molecule has 2 aliphatic rings. The summed E-state index contributed by atoms with van der Waals surface area (Å²) in [5.41, 5.74) is 4.72. The van der Waals surface area contributed by atoms with Crippen LogP contribution in [0.2, 0.25) is 0 Å². The summed E-state index contributed by atoms with van der Waals surface area (Å²) in [4.78, 5) is 5.03. The molecule has 0 aliphatic carbocycles. The standard InChI is InChI=1S/C24H27N3O/c1-24(19-25-14-16-26(17-15-25)21-9-3-2-4-10-21)23-12-7-13-27(23)22-11-6-5-8-20(22)18-28-24/h2-13H,14-19H2,1H3. The summed E-state index contributed by atoms with van der Waals surface area (Å²) in [6, 6.07) is 23.6. The van der Waals surface area contributed by atoms with Crippen LogP contribution in [0.1, 0.15) is 18.2 Å². The van der Waals surface area contributed by atoms with Crippen molar-refractivity contribution < 1.29 is 4.74 Å². The Bertz CT molecular complexity index is 943. The lowest BCUT2D eigenvalue weighted by Gasteiger charge is -2.40. The van der Waals surface area contributed by atoms with E-state index in [9.17, 15) is 0 Å². The third-order valence-electron chi connectivity index (χ3n) is 6.11. The molecule has 2 aliphatic heterocycles. The van der Waals surface area contributed by atoms with E-state index in [1.54, 1.807) is 0 Å². The second kappa shape index (κ2) is 7.12. The fourth-order valence-electron chi connectivity index (χ4n) is 4.56. The van der Waals surface area contributed by atoms with E-state index < -0.39 is 0 Å². The molecule has 3 heterocycles. The molecule has 0 radical (unpaired) electrons. The largest absolute Gasteiger partial charge is 0.369 e. The Morgan fingerprint density at radius 1 is 0.857 bits per heavy atom. The number of fused-ring (bicyclic) bond motifs is 3. The summed E-state index contributed by atoms with van der Waals surface area (Å²) < 4.78 is 8.85. The highest BCUT2D eigenvalue weighted by Crippen LogP contribution is 2.35. The number of nitrogens with zero attached hydrogens (tertiary/aromatic N) is 3. The van der Waals surface area contributed by atoms with E-state index >= 15 is 0 Å². The summed E-state index contributed by atoms with van der Waals surface area (Å²) in [6.07, 6.45) is 2.16. The van der Waals surface area contributed by atoms with Gasteiger partial charge < -0.3 is 14.2 Å². The number of hydrogen-bond acceptors (Lipinski definition) is 3. The Labute approximate surface area is 167 Å². The van der Waals surface area contributed by atoms with Crippen LogP contribution in [0.5, 0.6) is 0 Å². The molecular weight excluding hydrogens is 346 g/mol. The molecule has 5 rings (SSSR count). The molecule has 0 saturated carbocycles. The molecule has 144 valence electrons. The summed E-state index contributed by atoms with van der Waals surface area (Å²) in [5, 5.41) is 0. The number of anilines is 1. The van der Waals surface area contributed by atoms with E-state index in [0.717, 1.165) is 32.7 Å². The fourth-order valence-corrected chi connectivity index (χ4v) is 4.56. The quantitative estimate of drug-likeness (QED) is 0.691. The minimum atomic E-state index is -0.322. The number of ether oxygens (including phenoxy) is 1. The van der Waals surface area contributed by atoms with Crippen molar-refractivity contribution in [2.45, 2.75) is 19.1 Å². The molecule has 1 unspecified atom stereocenters. The van der Waals surface area contributed by atoms with Crippen LogP contribution in [0.4, 0.5) is 5.69 Å². The zero-order valence-corrected chi connectivity index (χ0v) is 16.4. The van der Waals surface area contributed by atoms with Crippen molar-refractivity contribution in [2.24, 2.45) is 0 Å². The number of hydrogen-bond donors (Lipinski definition) is 0. The van der Waals surface area contributed by atoms with Gasteiger partial charge in [0.05, 0.1) is 18.0 Å². The summed E-state index contributed by atoms with van der Waals surface area (Å²) in [7, 11) is 0. The van der Waals surface area contributed by atoms with Gasteiger partial charge >= 0.3 is 0 Å². The molecule has 1 aromatic heterocycles. The van der Waals surface area contributed by atoms with Crippen molar-refractivity contribution in [1.82, 2.24) is 9.47 Å². The average Bonchev–Trinajstić information content (AvgIpc) is 3.21. The highest BCUT2D eigenvalue weighted by atomic mass is 16.5. The zero-order valence-electron chi connectivity index (χ0n) is 16.4. The summed E-state index contributed by atoms with van der Waals surface area (Å²) >= 11 is 0. The Morgan fingerprint density at radius 3 is 2.43 bits per heavy atom. The lowest BCUT2D eigenvalue weighted by Crippen LogP contribution is -2.51. The fraction of sp³-hybridized carbons (Fsp3) is 0.333. The number of piperazine rings is 1. The van der Waals surface area contributed by atoms with Gasteiger partial charge in [0.1, 0.15) is 5.60 Å². The number of rotatable bonds is 3. The van der Waals surface area contributed by atoms with Gasteiger partial charge in [-0.15, -0.1) is 0 Å². The third-order valence-corrected chi connectivity index (χ3v) is 6.11. The predicted octanol–water partition coefficient (Wildman–Crippen LogP) is 4.04. The van der Waals surface area contributed by atoms with E-state index in [0.29, 0.717) is 6.61 Å². The average molecular weight is 374 g/mol. The zero-order chi connectivity index (χ0) is 19.0. The summed E-state index contributed by atoms with van der Waals surface area (Å²) in [6.45, 7) is 8.03. The van der Waals surface area contributed by atoms with E-state index in [1.165, 1.54) is 22.6 Å². The van der Waals surface area contributed by atoms with E-state index in [4.69, 9.17) is 4.74 Å². The molecule has 0 bridgehead atoms. The second-order valence-corrected chi connectivity index (χ2v) is 8.01. The number of benzene rings is 2. The molecule has 4 nitrogen and oxygen atoms in total. The van der Waals surface area contributed by atoms with Crippen LogP contribution in [-0.2, 0) is 16.9 Å². The molecule has 4 heteroatoms. The first-order valence-corrected chi connectivity index (χ1v) is 10.2. The first kappa shape index (κ1) is 17.5. The van der Waals surface area contributed by atoms with Crippen molar-refractivity contribution in [3.8, 4) is 5.69 Å². The van der Waals surface area contributed by atoms with Gasteiger partial charge in [-0.1, -0.05) is 36.4 Å². The molecule has 0 spiro atoms. The molecule has 1 atom stereocenters. The SMILES string of the molecule is CC1(CN2CCN(c3ccccc3)CC2)OCc2ccccc2-n2cccc21. The van der Waals surface area contributed by atoms with E-state index in [2.05, 4.69) is 94.2 Å². The van der Waals surface area contributed by atoms with Crippen LogP contribution >= 0.6 is 0 Å². The first-order valence-electron chi connectivity index (χ1n) is 10.2. The van der Waals surface area contributed by atoms with E-state index in [1.807, 2.05) is 0 Å². The smallest absolute Gasteiger partial charge is 0.119 e. The van der Waals surface area contributed by atoms with Crippen molar-refractivity contribution in [1.29, 1.82) is 0 Å². The van der Waals surface area contributed by atoms with Gasteiger partial charge in [0, 0.05) is 50.2 Å². The van der Waals surface area contributed by atoms with Crippen LogP contribution in [0.25, 0.3) is 5.69 Å². The minimum absolute atomic E-state index is 0.322. The normalized spacial score (nSPS) is 22.4. The first-order chi connectivity index (χ1) is 13.7. The van der Waals surface area contributed by atoms with Crippen molar-refractivity contribution in [2.75, 3.05) is 37.6 Å². The van der Waals surface area contributed by atoms with Crippen molar-refractivity contribution in [3.63, 3.8) is 0 Å². The Kier molecular flexibility index (Phi) is 4.46. The van der Waals surface area contributed by atoms with Crippen LogP contribution in [0, 0.1) is 0 Å². The van der Waals surface area contributed by atoms with Gasteiger partial charge in [0.25, 0.3) is 0 Å². The maximum Gasteiger partial charge on any atom is 0.119 e. The number of aromatic nitrogens is 1. The van der Waals surface area contributed by atoms with Gasteiger partial charge in [-0.25, -0.2) is 0 Å². The van der Waals surface area contributed by atoms with Crippen LogP contribution < -0.4 is 4.90 Å². The highest BCUT2D eigenvalue weighted by Gasteiger charge is 2.36. The highest BCUT2D eigenvalue weighted by molar-refractivity contribution is 5.47. The lowest BCUT2D eigenvalue weighted by atomic mass is 10.0. The van der Waals surface area contributed by atoms with E-state index in [-0.39, 0.29) is 5.60 Å². The predicted molar refractivity (Wildman–Crippen MR) is 113 cm³/mol. The molecule has 1 fully saturated rings. The Morgan fingerprint density at radius 2 is 1.61 bits per heavy atom. The molecule has 1 saturated heterocycles. The van der Waals surface area contributed by atoms with Crippen molar-refractivity contribution in [3.05, 3.63) is 84.2 Å². The molecule has 0 N–H and O–H groups in total. The second-order valence-electron chi connectivity index (χ2n) is 8.01. The van der Waals surface area contributed by atoms with Crippen LogP contribution in [-0.4, -0.2) is 42.2 Å². The molecule has 28 heavy (non-hydrogen) atoms. The maximum atomic E-state index is 6.54. The lowest BCUT2D eigenvalue weighted by molar-refractivity contribution is -0.0704. The van der Waals surface area contributed by atoms with Gasteiger partial charge in [-0.3, -0.25) is 4.90 Å². The maximum absolute atomic E-state index is 6.54. The molecule has 2 aromatic carbocycles.